The summed E-state index contributed by atoms with van der Waals surface area (Å²) in [6.45, 7) is 1.52. The van der Waals surface area contributed by atoms with E-state index >= 15 is 0 Å². The lowest BCUT2D eigenvalue weighted by molar-refractivity contribution is -0.384. The summed E-state index contributed by atoms with van der Waals surface area (Å²) in [5, 5.41) is 19.4. The number of phenols is 1. The Bertz CT molecular complexity index is 338. The fourth-order valence-electron chi connectivity index (χ4n) is 0.802. The van der Waals surface area contributed by atoms with Gasteiger partial charge in [0.1, 0.15) is 10.8 Å². The predicted octanol–water partition coefficient (Wildman–Crippen LogP) is 2.26. The smallest absolute Gasteiger partial charge is 0.288 e. The number of aromatic hydroxyl groups is 1. The van der Waals surface area contributed by atoms with Crippen molar-refractivity contribution in [3.63, 3.8) is 0 Å². The van der Waals surface area contributed by atoms with Gasteiger partial charge in [0.2, 0.25) is 0 Å². The van der Waals surface area contributed by atoms with E-state index in [0.29, 0.717) is 5.56 Å². The fourth-order valence-corrected chi connectivity index (χ4v) is 1.03. The van der Waals surface area contributed by atoms with Gasteiger partial charge in [-0.1, -0.05) is 11.6 Å². The average molecular weight is 188 g/mol. The summed E-state index contributed by atoms with van der Waals surface area (Å²) < 4.78 is 0. The molecule has 0 radical (unpaired) electrons. The summed E-state index contributed by atoms with van der Waals surface area (Å²) in [5.74, 6) is -0.0365. The Balaban J connectivity index is 3.36. The van der Waals surface area contributed by atoms with Gasteiger partial charge < -0.3 is 5.11 Å². The zero-order chi connectivity index (χ0) is 9.30. The molecule has 0 aliphatic rings. The molecule has 0 spiro atoms. The van der Waals surface area contributed by atoms with Crippen molar-refractivity contribution in [1.82, 2.24) is 0 Å². The maximum atomic E-state index is 10.3. The molecule has 1 aromatic rings. The summed E-state index contributed by atoms with van der Waals surface area (Å²) in [7, 11) is 0. The van der Waals surface area contributed by atoms with E-state index in [0.717, 1.165) is 0 Å². The van der Waals surface area contributed by atoms with Crippen molar-refractivity contribution < 1.29 is 10.0 Å². The van der Waals surface area contributed by atoms with Crippen LogP contribution >= 0.6 is 11.6 Å². The SMILES string of the molecule is Cc1c(O)ccc([N+](=O)[O-])c1Cl. The minimum atomic E-state index is -0.589. The molecule has 1 N–H and O–H groups in total. The Labute approximate surface area is 73.5 Å². The van der Waals surface area contributed by atoms with Crippen LogP contribution in [0.2, 0.25) is 5.02 Å². The van der Waals surface area contributed by atoms with Crippen LogP contribution in [-0.4, -0.2) is 10.0 Å². The van der Waals surface area contributed by atoms with Crippen LogP contribution in [0.5, 0.6) is 5.75 Å². The van der Waals surface area contributed by atoms with Crippen LogP contribution in [0.4, 0.5) is 5.69 Å². The minimum absolute atomic E-state index is 0.0139. The van der Waals surface area contributed by atoms with Crippen LogP contribution < -0.4 is 0 Å². The zero-order valence-electron chi connectivity index (χ0n) is 6.24. The highest BCUT2D eigenvalue weighted by Crippen LogP contribution is 2.32. The van der Waals surface area contributed by atoms with Crippen molar-refractivity contribution in [1.29, 1.82) is 0 Å². The maximum absolute atomic E-state index is 10.3. The van der Waals surface area contributed by atoms with Crippen LogP contribution in [-0.2, 0) is 0 Å². The van der Waals surface area contributed by atoms with Crippen molar-refractivity contribution >= 4 is 17.3 Å². The van der Waals surface area contributed by atoms with Crippen LogP contribution in [0, 0.1) is 17.0 Å². The lowest BCUT2D eigenvalue weighted by Crippen LogP contribution is -1.90. The topological polar surface area (TPSA) is 63.4 Å². The molecule has 64 valence electrons. The largest absolute Gasteiger partial charge is 0.508 e. The first-order chi connectivity index (χ1) is 5.54. The van der Waals surface area contributed by atoms with Crippen molar-refractivity contribution in [3.05, 3.63) is 32.8 Å². The molecule has 0 amide bonds. The molecule has 5 heteroatoms. The number of hydrogen-bond acceptors (Lipinski definition) is 3. The molecule has 0 saturated heterocycles. The molecule has 0 unspecified atom stereocenters. The quantitative estimate of drug-likeness (QED) is 0.542. The number of rotatable bonds is 1. The molecule has 0 fully saturated rings. The number of nitro benzene ring substituents is 1. The van der Waals surface area contributed by atoms with E-state index in [-0.39, 0.29) is 16.5 Å². The third-order valence-electron chi connectivity index (χ3n) is 1.53. The number of benzene rings is 1. The lowest BCUT2D eigenvalue weighted by atomic mass is 10.2. The minimum Gasteiger partial charge on any atom is -0.508 e. The third kappa shape index (κ3) is 1.33. The van der Waals surface area contributed by atoms with Crippen LogP contribution in [0.3, 0.4) is 0 Å². The number of nitro groups is 1. The molecule has 4 nitrogen and oxygen atoms in total. The molecule has 0 aliphatic carbocycles. The van der Waals surface area contributed by atoms with Gasteiger partial charge in [-0.3, -0.25) is 10.1 Å². The molecule has 1 rings (SSSR count). The van der Waals surface area contributed by atoms with Crippen molar-refractivity contribution in [2.75, 3.05) is 0 Å². The molecule has 0 aromatic heterocycles. The number of halogens is 1. The van der Waals surface area contributed by atoms with Crippen LogP contribution in [0.15, 0.2) is 12.1 Å². The van der Waals surface area contributed by atoms with Gasteiger partial charge in [0.25, 0.3) is 5.69 Å². The Morgan fingerprint density at radius 2 is 2.17 bits per heavy atom. The Morgan fingerprint density at radius 3 is 2.67 bits per heavy atom. The molecule has 0 saturated carbocycles. The monoisotopic (exact) mass is 187 g/mol. The van der Waals surface area contributed by atoms with Crippen LogP contribution in [0.1, 0.15) is 5.56 Å². The van der Waals surface area contributed by atoms with Crippen molar-refractivity contribution in [2.45, 2.75) is 6.92 Å². The average Bonchev–Trinajstić information content (AvgIpc) is 2.00. The Morgan fingerprint density at radius 1 is 1.58 bits per heavy atom. The first kappa shape index (κ1) is 8.80. The highest BCUT2D eigenvalue weighted by atomic mass is 35.5. The second-order valence-corrected chi connectivity index (χ2v) is 2.68. The number of hydrogen-bond donors (Lipinski definition) is 1. The lowest BCUT2D eigenvalue weighted by Gasteiger charge is -2.00. The number of phenolic OH excluding ortho intramolecular Hbond substituents is 1. The van der Waals surface area contributed by atoms with Gasteiger partial charge >= 0.3 is 0 Å². The van der Waals surface area contributed by atoms with E-state index in [9.17, 15) is 10.1 Å². The molecular formula is C7H6ClNO3. The first-order valence-electron chi connectivity index (χ1n) is 3.16. The highest BCUT2D eigenvalue weighted by molar-refractivity contribution is 6.33. The number of nitrogens with zero attached hydrogens (tertiary/aromatic N) is 1. The Hall–Kier alpha value is -1.29. The summed E-state index contributed by atoms with van der Waals surface area (Å²) in [6.07, 6.45) is 0. The van der Waals surface area contributed by atoms with Crippen LogP contribution in [0.25, 0.3) is 0 Å². The second-order valence-electron chi connectivity index (χ2n) is 2.30. The van der Waals surface area contributed by atoms with Gasteiger partial charge in [-0.05, 0) is 13.0 Å². The van der Waals surface area contributed by atoms with E-state index in [4.69, 9.17) is 16.7 Å². The summed E-state index contributed by atoms with van der Waals surface area (Å²) in [5.41, 5.74) is 0.137. The van der Waals surface area contributed by atoms with E-state index in [1.807, 2.05) is 0 Å². The van der Waals surface area contributed by atoms with E-state index in [2.05, 4.69) is 0 Å². The van der Waals surface area contributed by atoms with Gasteiger partial charge in [0, 0.05) is 11.6 Å². The fraction of sp³-hybridized carbons (Fsp3) is 0.143. The van der Waals surface area contributed by atoms with Gasteiger partial charge in [-0.25, -0.2) is 0 Å². The third-order valence-corrected chi connectivity index (χ3v) is 2.01. The molecule has 0 aliphatic heterocycles. The highest BCUT2D eigenvalue weighted by Gasteiger charge is 2.15. The predicted molar refractivity (Wildman–Crippen MR) is 44.5 cm³/mol. The molecule has 0 atom stereocenters. The Kier molecular flexibility index (Phi) is 2.19. The second kappa shape index (κ2) is 2.98. The van der Waals surface area contributed by atoms with E-state index in [1.165, 1.54) is 19.1 Å². The molecule has 1 aromatic carbocycles. The van der Waals surface area contributed by atoms with Crippen molar-refractivity contribution in [3.8, 4) is 5.75 Å². The van der Waals surface area contributed by atoms with Gasteiger partial charge in [-0.2, -0.15) is 0 Å². The van der Waals surface area contributed by atoms with E-state index < -0.39 is 4.92 Å². The molecular weight excluding hydrogens is 182 g/mol. The summed E-state index contributed by atoms with van der Waals surface area (Å²) >= 11 is 5.59. The molecule has 0 bridgehead atoms. The zero-order valence-corrected chi connectivity index (χ0v) is 7.00. The maximum Gasteiger partial charge on any atom is 0.288 e. The van der Waals surface area contributed by atoms with E-state index in [1.54, 1.807) is 0 Å². The summed E-state index contributed by atoms with van der Waals surface area (Å²) in [4.78, 5) is 9.74. The normalized spacial score (nSPS) is 9.83. The van der Waals surface area contributed by atoms with Gasteiger partial charge in [0.15, 0.2) is 0 Å². The molecule has 12 heavy (non-hydrogen) atoms. The van der Waals surface area contributed by atoms with Crippen molar-refractivity contribution in [2.24, 2.45) is 0 Å². The van der Waals surface area contributed by atoms with Gasteiger partial charge in [-0.15, -0.1) is 0 Å². The molecule has 0 heterocycles. The standard InChI is InChI=1S/C7H6ClNO3/c1-4-6(10)3-2-5(7(4)8)9(11)12/h2-3,10H,1H3. The summed E-state index contributed by atoms with van der Waals surface area (Å²) in [6, 6.07) is 2.42. The van der Waals surface area contributed by atoms with Gasteiger partial charge in [0.05, 0.1) is 4.92 Å². The first-order valence-corrected chi connectivity index (χ1v) is 3.54.